The standard InChI is InChI=1S/C9H8BrN3O2/c1-4-6-3-11-12-8(6)7(10)5(2)9(4)13(14)15/h3H,1-2H3,(H,11,12). The maximum atomic E-state index is 10.9. The van der Waals surface area contributed by atoms with Crippen LogP contribution in [0, 0.1) is 24.0 Å². The van der Waals surface area contributed by atoms with E-state index in [2.05, 4.69) is 26.1 Å². The van der Waals surface area contributed by atoms with Crippen LogP contribution in [-0.4, -0.2) is 15.1 Å². The molecular weight excluding hydrogens is 262 g/mol. The largest absolute Gasteiger partial charge is 0.277 e. The summed E-state index contributed by atoms with van der Waals surface area (Å²) in [5.74, 6) is 0. The fraction of sp³-hybridized carbons (Fsp3) is 0.222. The second kappa shape index (κ2) is 3.30. The molecule has 0 amide bonds. The van der Waals surface area contributed by atoms with Crippen molar-refractivity contribution in [3.63, 3.8) is 0 Å². The molecule has 0 atom stereocenters. The van der Waals surface area contributed by atoms with E-state index in [-0.39, 0.29) is 10.6 Å². The maximum Gasteiger partial charge on any atom is 0.277 e. The van der Waals surface area contributed by atoms with Gasteiger partial charge >= 0.3 is 0 Å². The van der Waals surface area contributed by atoms with Gasteiger partial charge in [-0.15, -0.1) is 0 Å². The molecule has 1 aromatic carbocycles. The Kier molecular flexibility index (Phi) is 2.22. The highest BCUT2D eigenvalue weighted by Gasteiger charge is 2.22. The van der Waals surface area contributed by atoms with Crippen molar-refractivity contribution < 1.29 is 4.92 Å². The summed E-state index contributed by atoms with van der Waals surface area (Å²) in [6, 6.07) is 0. The number of nitrogens with one attached hydrogen (secondary N) is 1. The summed E-state index contributed by atoms with van der Waals surface area (Å²) >= 11 is 3.34. The van der Waals surface area contributed by atoms with E-state index in [1.807, 2.05) is 0 Å². The predicted molar refractivity (Wildman–Crippen MR) is 59.9 cm³/mol. The van der Waals surface area contributed by atoms with Crippen molar-refractivity contribution in [2.24, 2.45) is 0 Å². The van der Waals surface area contributed by atoms with Crippen molar-refractivity contribution in [3.8, 4) is 0 Å². The lowest BCUT2D eigenvalue weighted by Gasteiger charge is -2.05. The number of H-pyrrole nitrogens is 1. The Balaban J connectivity index is 2.98. The van der Waals surface area contributed by atoms with Gasteiger partial charge in [-0.2, -0.15) is 5.10 Å². The molecule has 1 N–H and O–H groups in total. The molecule has 5 nitrogen and oxygen atoms in total. The highest BCUT2D eigenvalue weighted by atomic mass is 79.9. The summed E-state index contributed by atoms with van der Waals surface area (Å²) in [6.07, 6.45) is 1.60. The van der Waals surface area contributed by atoms with E-state index < -0.39 is 0 Å². The van der Waals surface area contributed by atoms with Crippen molar-refractivity contribution in [2.75, 3.05) is 0 Å². The van der Waals surface area contributed by atoms with Crippen molar-refractivity contribution in [1.29, 1.82) is 0 Å². The molecule has 0 bridgehead atoms. The number of halogens is 1. The van der Waals surface area contributed by atoms with Crippen LogP contribution in [0.2, 0.25) is 0 Å². The van der Waals surface area contributed by atoms with Crippen LogP contribution >= 0.6 is 15.9 Å². The third-order valence-corrected chi connectivity index (χ3v) is 3.48. The van der Waals surface area contributed by atoms with Gasteiger partial charge in [0.1, 0.15) is 0 Å². The normalized spacial score (nSPS) is 10.9. The number of hydrogen-bond donors (Lipinski definition) is 1. The molecule has 0 aliphatic heterocycles. The number of rotatable bonds is 1. The smallest absolute Gasteiger partial charge is 0.277 e. The van der Waals surface area contributed by atoms with E-state index >= 15 is 0 Å². The third kappa shape index (κ3) is 1.32. The number of hydrogen-bond acceptors (Lipinski definition) is 3. The molecule has 0 saturated carbocycles. The molecule has 0 aliphatic rings. The van der Waals surface area contributed by atoms with Crippen LogP contribution in [0.1, 0.15) is 11.1 Å². The zero-order valence-corrected chi connectivity index (χ0v) is 9.75. The van der Waals surface area contributed by atoms with Crippen LogP contribution in [-0.2, 0) is 0 Å². The first-order valence-corrected chi connectivity index (χ1v) is 5.09. The molecule has 0 saturated heterocycles. The summed E-state index contributed by atoms with van der Waals surface area (Å²) < 4.78 is 0.701. The van der Waals surface area contributed by atoms with E-state index in [0.29, 0.717) is 15.6 Å². The second-order valence-corrected chi connectivity index (χ2v) is 4.12. The molecule has 2 rings (SSSR count). The lowest BCUT2D eigenvalue weighted by molar-refractivity contribution is -0.385. The quantitative estimate of drug-likeness (QED) is 0.639. The van der Waals surface area contributed by atoms with Gasteiger partial charge in [-0.05, 0) is 29.8 Å². The monoisotopic (exact) mass is 269 g/mol. The molecule has 2 aromatic rings. The molecule has 1 heterocycles. The molecule has 0 spiro atoms. The SMILES string of the molecule is Cc1c([N+](=O)[O-])c(C)c2cn[nH]c2c1Br. The van der Waals surface area contributed by atoms with E-state index in [1.165, 1.54) is 0 Å². The number of nitro benzene ring substituents is 1. The molecule has 0 radical (unpaired) electrons. The molecule has 6 heteroatoms. The molecule has 78 valence electrons. The van der Waals surface area contributed by atoms with Gasteiger partial charge in [0.25, 0.3) is 5.69 Å². The number of fused-ring (bicyclic) bond motifs is 1. The number of aromatic nitrogens is 2. The van der Waals surface area contributed by atoms with Crippen LogP contribution in [0.4, 0.5) is 5.69 Å². The average molecular weight is 270 g/mol. The van der Waals surface area contributed by atoms with Gasteiger partial charge in [0.2, 0.25) is 0 Å². The Morgan fingerprint density at radius 1 is 1.47 bits per heavy atom. The first-order valence-electron chi connectivity index (χ1n) is 4.30. The van der Waals surface area contributed by atoms with Gasteiger partial charge in [0.05, 0.1) is 21.1 Å². The van der Waals surface area contributed by atoms with Crippen molar-refractivity contribution in [2.45, 2.75) is 13.8 Å². The second-order valence-electron chi connectivity index (χ2n) is 3.33. The minimum Gasteiger partial charge on any atom is -0.277 e. The Labute approximate surface area is 93.8 Å². The van der Waals surface area contributed by atoms with Gasteiger partial charge in [-0.25, -0.2) is 0 Å². The number of aromatic amines is 1. The van der Waals surface area contributed by atoms with Gasteiger partial charge in [0, 0.05) is 16.5 Å². The molecule has 1 aromatic heterocycles. The first-order chi connectivity index (χ1) is 7.04. The fourth-order valence-corrected chi connectivity index (χ4v) is 2.20. The summed E-state index contributed by atoms with van der Waals surface area (Å²) in [4.78, 5) is 10.6. The van der Waals surface area contributed by atoms with Crippen LogP contribution in [0.5, 0.6) is 0 Å². The van der Waals surface area contributed by atoms with Crippen LogP contribution in [0.15, 0.2) is 10.7 Å². The number of nitrogens with zero attached hydrogens (tertiary/aromatic N) is 2. The van der Waals surface area contributed by atoms with E-state index in [1.54, 1.807) is 20.0 Å². The number of aryl methyl sites for hydroxylation is 1. The summed E-state index contributed by atoms with van der Waals surface area (Å²) in [5, 5.41) is 18.4. The van der Waals surface area contributed by atoms with Crippen LogP contribution < -0.4 is 0 Å². The van der Waals surface area contributed by atoms with Crippen LogP contribution in [0.3, 0.4) is 0 Å². The Morgan fingerprint density at radius 2 is 2.13 bits per heavy atom. The first kappa shape index (κ1) is 10.1. The van der Waals surface area contributed by atoms with E-state index in [4.69, 9.17) is 0 Å². The fourth-order valence-electron chi connectivity index (χ4n) is 1.71. The maximum absolute atomic E-state index is 10.9. The summed E-state index contributed by atoms with van der Waals surface area (Å²) in [5.41, 5.74) is 2.21. The molecule has 0 fully saturated rings. The Hall–Kier alpha value is -1.43. The van der Waals surface area contributed by atoms with Gasteiger partial charge in [0.15, 0.2) is 0 Å². The van der Waals surface area contributed by atoms with Crippen molar-refractivity contribution >= 4 is 32.5 Å². The van der Waals surface area contributed by atoms with Gasteiger partial charge in [-0.3, -0.25) is 15.2 Å². The van der Waals surface area contributed by atoms with Crippen molar-refractivity contribution in [3.05, 3.63) is 31.9 Å². The Morgan fingerprint density at radius 3 is 2.73 bits per heavy atom. The molecular formula is C9H8BrN3O2. The zero-order chi connectivity index (χ0) is 11.2. The lowest BCUT2D eigenvalue weighted by Crippen LogP contribution is -1.96. The number of nitro groups is 1. The van der Waals surface area contributed by atoms with E-state index in [0.717, 1.165) is 10.9 Å². The van der Waals surface area contributed by atoms with Gasteiger partial charge < -0.3 is 0 Å². The Bertz CT molecular complexity index is 562. The van der Waals surface area contributed by atoms with E-state index in [9.17, 15) is 10.1 Å². The summed E-state index contributed by atoms with van der Waals surface area (Å²) in [6.45, 7) is 3.45. The minimum atomic E-state index is -0.359. The topological polar surface area (TPSA) is 71.8 Å². The predicted octanol–water partition coefficient (Wildman–Crippen LogP) is 2.85. The average Bonchev–Trinajstić information content (AvgIpc) is 2.62. The highest BCUT2D eigenvalue weighted by molar-refractivity contribution is 9.10. The lowest BCUT2D eigenvalue weighted by atomic mass is 10.1. The molecule has 15 heavy (non-hydrogen) atoms. The van der Waals surface area contributed by atoms with Crippen molar-refractivity contribution in [1.82, 2.24) is 10.2 Å². The number of benzene rings is 1. The third-order valence-electron chi connectivity index (χ3n) is 2.49. The summed E-state index contributed by atoms with van der Waals surface area (Å²) in [7, 11) is 0. The zero-order valence-electron chi connectivity index (χ0n) is 8.17. The minimum absolute atomic E-state index is 0.149. The molecule has 0 unspecified atom stereocenters. The van der Waals surface area contributed by atoms with Gasteiger partial charge in [-0.1, -0.05) is 0 Å². The van der Waals surface area contributed by atoms with Crippen LogP contribution in [0.25, 0.3) is 10.9 Å². The highest BCUT2D eigenvalue weighted by Crippen LogP contribution is 2.36. The molecule has 0 aliphatic carbocycles.